The standard InChI is InChI=1S/C24H20P.C12H28P.2C8H20P.4C7H6O2.2C4H12P.C2H4O2.2CH2O2/c1-5-13-21(14-6-1)25(22-15-7-2-8-16-22,23-17-9-3-10-18-23)24-19-11-4-12-20-24;1-5-9-13(10-6-2,11-7-3)12-8-4;2*1-5-9(6-2,7-3)8-4;4*8-7(9)6-4-2-1-3-5-6;2*1-5(2,3)4;1-2(3)4;2*2-1-3/h1-20H;5-12H2,1-4H3;2*5-8H2,1-4H3;4*1-5H,(H,8,9);2*1-4H3;1H3,(H,3,4);2*1H,(H,2,3)/q4*+1;;;;;2*+1;;;/p-6. The summed E-state index contributed by atoms with van der Waals surface area (Å²) in [5.41, 5.74) is 0.880. The van der Waals surface area contributed by atoms with Crippen molar-refractivity contribution in [3.63, 3.8) is 0 Å². The van der Waals surface area contributed by atoms with Gasteiger partial charge in [-0.2, -0.15) is 0 Å². The first kappa shape index (κ1) is 113. The van der Waals surface area contributed by atoms with Crippen LogP contribution in [0.2, 0.25) is 0 Å². The Hall–Kier alpha value is -7.37. The number of aromatic carboxylic acids is 4. The van der Waals surface area contributed by atoms with E-state index < -0.39 is 71.8 Å². The Kier molecular flexibility index (Phi) is 69.9. The zero-order valence-corrected chi connectivity index (χ0v) is 76.9. The largest absolute Gasteiger partial charge is 0.554 e. The molecule has 0 spiro atoms. The van der Waals surface area contributed by atoms with E-state index in [9.17, 15) is 39.6 Å². The van der Waals surface area contributed by atoms with Gasteiger partial charge in [0.2, 0.25) is 0 Å². The van der Waals surface area contributed by atoms with Crippen LogP contribution in [0.1, 0.15) is 157 Å². The Balaban J connectivity index is -0.000000388. The van der Waals surface area contributed by atoms with Gasteiger partial charge in [0.1, 0.15) is 28.5 Å². The molecule has 0 atom stereocenters. The molecule has 620 valence electrons. The third-order valence-electron chi connectivity index (χ3n) is 16.8. The van der Waals surface area contributed by atoms with Crippen molar-refractivity contribution < 1.29 is 69.3 Å². The number of aliphatic carboxylic acids is 1. The minimum absolute atomic E-state index is 0.220. The molecule has 8 aromatic rings. The van der Waals surface area contributed by atoms with E-state index in [-0.39, 0.29) is 36.8 Å². The van der Waals surface area contributed by atoms with Crippen molar-refractivity contribution in [1.29, 1.82) is 0 Å². The van der Waals surface area contributed by atoms with Gasteiger partial charge in [-0.3, -0.25) is 4.79 Å². The molecular weight excluding hydrogens is 1510 g/mol. The molecule has 112 heavy (non-hydrogen) atoms. The van der Waals surface area contributed by atoms with Crippen LogP contribution in [0.4, 0.5) is 0 Å². The summed E-state index contributed by atoms with van der Waals surface area (Å²) in [6.45, 7) is 46.7. The molecule has 0 unspecified atom stereocenters. The molecule has 0 fully saturated rings. The smallest absolute Gasteiger partial charge is 0.300 e. The number of carboxylic acid groups (broad SMARTS) is 7. The van der Waals surface area contributed by atoms with E-state index in [1.807, 2.05) is 0 Å². The molecule has 0 radical (unpaired) electrons. The average Bonchev–Trinajstić information content (AvgIpc) is 0.738. The fourth-order valence-electron chi connectivity index (χ4n) is 11.0. The van der Waals surface area contributed by atoms with E-state index in [2.05, 4.69) is 258 Å². The summed E-state index contributed by atoms with van der Waals surface area (Å²) in [6.07, 6.45) is 23.5. The molecule has 0 heterocycles. The van der Waals surface area contributed by atoms with Gasteiger partial charge in [-0.25, -0.2) is 0 Å². The maximum absolute atomic E-state index is 10.1. The second-order valence-corrected chi connectivity index (χ2v) is 57.2. The van der Waals surface area contributed by atoms with Crippen molar-refractivity contribution >= 4 is 108 Å². The normalized spacial score (nSPS) is 10.2. The van der Waals surface area contributed by atoms with Gasteiger partial charge in [0.15, 0.2) is 0 Å². The van der Waals surface area contributed by atoms with E-state index in [4.69, 9.17) is 29.7 Å². The monoisotopic (exact) mass is 1650 g/mol. The fraction of sp³-hybridized carbons (Fsp3) is 0.402. The van der Waals surface area contributed by atoms with Crippen LogP contribution >= 0.6 is 43.6 Å². The van der Waals surface area contributed by atoms with Gasteiger partial charge in [-0.15, -0.1) is 0 Å². The Morgan fingerprint density at radius 3 is 0.473 bits per heavy atom. The zero-order chi connectivity index (χ0) is 86.5. The quantitative estimate of drug-likeness (QED) is 0.0435. The maximum Gasteiger partial charge on any atom is 0.300 e. The van der Waals surface area contributed by atoms with Crippen molar-refractivity contribution in [3.8, 4) is 0 Å². The lowest BCUT2D eigenvalue weighted by Gasteiger charge is -2.27. The van der Waals surface area contributed by atoms with Gasteiger partial charge in [0.05, 0.1) is 97.8 Å². The van der Waals surface area contributed by atoms with Gasteiger partial charge in [-0.1, -0.05) is 222 Å². The average molecular weight is 1650 g/mol. The first-order chi connectivity index (χ1) is 52.9. The Morgan fingerprint density at radius 1 is 0.277 bits per heavy atom. The number of hydrogen-bond acceptors (Lipinski definition) is 13. The third-order valence-corrected chi connectivity index (χ3v) is 37.4. The molecular formula is C92H138O14P6. The van der Waals surface area contributed by atoms with Crippen LogP contribution in [0.25, 0.3) is 0 Å². The summed E-state index contributed by atoms with van der Waals surface area (Å²) in [4.78, 5) is 65.9. The molecule has 0 saturated carbocycles. The van der Waals surface area contributed by atoms with Gasteiger partial charge in [0, 0.05) is 109 Å². The van der Waals surface area contributed by atoms with E-state index in [0.717, 1.165) is 6.92 Å². The van der Waals surface area contributed by atoms with Crippen molar-refractivity contribution in [2.45, 2.75) is 116 Å². The SMILES string of the molecule is CC(=O)O.CCC[P+](CCC)(CCC)CCC.CC[P+](CC)(CC)CC.CC[P+](CC)(CC)CC.C[P+](C)(C)C.C[P+](C)(C)C.O=C([O-])c1ccccc1.O=C([O-])c1ccccc1.O=C([O-])c1ccccc1.O=C([O-])c1ccccc1.O=C[O-].O=C[O-].c1ccc([P+](c2ccccc2)(c2ccccc2)c2ccccc2)cc1. The first-order valence-electron chi connectivity index (χ1n) is 38.5. The van der Waals surface area contributed by atoms with Crippen LogP contribution in [0.15, 0.2) is 243 Å². The number of rotatable bonds is 24. The van der Waals surface area contributed by atoms with Gasteiger partial charge >= 0.3 is 0 Å². The number of carbonyl (C=O) groups excluding carboxylic acids is 6. The summed E-state index contributed by atoms with van der Waals surface area (Å²) in [7, 11) is -4.02. The second-order valence-electron chi connectivity index (χ2n) is 28.2. The highest BCUT2D eigenvalue weighted by molar-refractivity contribution is 8.01. The van der Waals surface area contributed by atoms with Crippen LogP contribution in [0.3, 0.4) is 0 Å². The van der Waals surface area contributed by atoms with Crippen molar-refractivity contribution in [3.05, 3.63) is 265 Å². The molecule has 0 aromatic heterocycles. The minimum atomic E-state index is -1.91. The number of carboxylic acids is 5. The summed E-state index contributed by atoms with van der Waals surface area (Å²) >= 11 is 0. The molecule has 0 aliphatic carbocycles. The Labute approximate surface area is 680 Å². The minimum Gasteiger partial charge on any atom is -0.554 e. The van der Waals surface area contributed by atoms with Gasteiger partial charge < -0.3 is 64.5 Å². The van der Waals surface area contributed by atoms with Gasteiger partial charge in [-0.05, 0) is 152 Å². The summed E-state index contributed by atoms with van der Waals surface area (Å²) in [6, 6.07) is 76.1. The van der Waals surface area contributed by atoms with Crippen LogP contribution in [0.5, 0.6) is 0 Å². The molecule has 14 nitrogen and oxygen atoms in total. The molecule has 0 saturated heterocycles. The van der Waals surface area contributed by atoms with Crippen LogP contribution in [0, 0.1) is 0 Å². The van der Waals surface area contributed by atoms with Gasteiger partial charge in [0.25, 0.3) is 5.97 Å². The van der Waals surface area contributed by atoms with E-state index in [1.54, 1.807) is 97.4 Å². The van der Waals surface area contributed by atoms with E-state index >= 15 is 0 Å². The van der Waals surface area contributed by atoms with Crippen molar-refractivity contribution in [1.82, 2.24) is 0 Å². The predicted octanol–water partition coefficient (Wildman–Crippen LogP) is 15.2. The lowest BCUT2D eigenvalue weighted by molar-refractivity contribution is -0.284. The molecule has 0 aliphatic rings. The third kappa shape index (κ3) is 56.8. The van der Waals surface area contributed by atoms with Crippen LogP contribution in [-0.2, 0) is 14.4 Å². The number of benzene rings is 8. The molecule has 8 rings (SSSR count). The highest BCUT2D eigenvalue weighted by Gasteiger charge is 2.47. The van der Waals surface area contributed by atoms with E-state index in [0.29, 0.717) is 0 Å². The highest BCUT2D eigenvalue weighted by Crippen LogP contribution is 2.61. The summed E-state index contributed by atoms with van der Waals surface area (Å²) in [5.74, 6) is -5.35. The molecule has 0 aliphatic heterocycles. The van der Waals surface area contributed by atoms with E-state index in [1.165, 1.54) is 145 Å². The lowest BCUT2D eigenvalue weighted by atomic mass is 10.2. The molecule has 0 amide bonds. The fourth-order valence-corrected chi connectivity index (χ4v) is 25.8. The molecule has 1 N–H and O–H groups in total. The zero-order valence-electron chi connectivity index (χ0n) is 71.5. The van der Waals surface area contributed by atoms with Crippen molar-refractivity contribution in [2.75, 3.05) is 127 Å². The van der Waals surface area contributed by atoms with Crippen LogP contribution < -0.4 is 51.9 Å². The lowest BCUT2D eigenvalue weighted by Crippen LogP contribution is -2.38. The number of hydrogen-bond donors (Lipinski definition) is 1. The number of carbonyl (C=O) groups is 7. The Bertz CT molecular complexity index is 3080. The topological polar surface area (TPSA) is 278 Å². The molecule has 8 aromatic carbocycles. The maximum atomic E-state index is 10.1. The summed E-state index contributed by atoms with van der Waals surface area (Å²) in [5, 5.41) is 69.8. The molecule has 0 bridgehead atoms. The molecule has 20 heteroatoms. The van der Waals surface area contributed by atoms with Crippen molar-refractivity contribution in [2.24, 2.45) is 0 Å². The van der Waals surface area contributed by atoms with Crippen LogP contribution in [-0.4, -0.2) is 175 Å². The highest BCUT2D eigenvalue weighted by atomic mass is 31.2. The Morgan fingerprint density at radius 2 is 0.393 bits per heavy atom. The first-order valence-corrected chi connectivity index (χ1v) is 55.1. The predicted molar refractivity (Wildman–Crippen MR) is 487 cm³/mol. The second kappa shape index (κ2) is 69.2. The summed E-state index contributed by atoms with van der Waals surface area (Å²) < 4.78 is 0.